The number of thiazole rings is 1. The Balaban J connectivity index is 2.37. The van der Waals surface area contributed by atoms with Crippen LogP contribution in [0.25, 0.3) is 0 Å². The number of rotatable bonds is 6. The normalized spacial score (nSPS) is 12.4. The predicted octanol–water partition coefficient (Wildman–Crippen LogP) is 4.17. The third-order valence-corrected chi connectivity index (χ3v) is 4.78. The highest BCUT2D eigenvalue weighted by atomic mass is 32.1. The number of nitrogens with one attached hydrogen (secondary N) is 1. The molecule has 1 heterocycles. The van der Waals surface area contributed by atoms with Gasteiger partial charge >= 0.3 is 0 Å². The van der Waals surface area contributed by atoms with Crippen molar-refractivity contribution in [1.82, 2.24) is 10.3 Å². The Labute approximate surface area is 131 Å². The van der Waals surface area contributed by atoms with Gasteiger partial charge in [0.2, 0.25) is 0 Å². The lowest BCUT2D eigenvalue weighted by Crippen LogP contribution is -2.23. The van der Waals surface area contributed by atoms with Crippen molar-refractivity contribution in [2.24, 2.45) is 0 Å². The fraction of sp³-hybridized carbons (Fsp3) is 0.471. The smallest absolute Gasteiger partial charge is 0.121 e. The minimum atomic E-state index is 0.159. The minimum absolute atomic E-state index is 0.159. The van der Waals surface area contributed by atoms with Crippen molar-refractivity contribution in [3.05, 3.63) is 44.9 Å². The molecule has 0 radical (unpaired) electrons. The maximum atomic E-state index is 5.36. The molecule has 114 valence electrons. The summed E-state index contributed by atoms with van der Waals surface area (Å²) in [7, 11) is 1.71. The summed E-state index contributed by atoms with van der Waals surface area (Å²) in [6.07, 6.45) is 1.11. The summed E-state index contributed by atoms with van der Waals surface area (Å²) in [6, 6.07) is 6.52. The number of nitrogens with zero attached hydrogens (tertiary/aromatic N) is 1. The van der Waals surface area contributed by atoms with Crippen molar-refractivity contribution in [3.8, 4) is 5.75 Å². The standard InChI is InChI=1S/C17H24N2OS/c1-6-9-18-16(17-19-12(3)13(4)21-17)14-7-8-15(20-5)11(2)10-14/h7-8,10,16,18H,6,9H2,1-5H3. The Morgan fingerprint density at radius 3 is 2.57 bits per heavy atom. The van der Waals surface area contributed by atoms with Crippen LogP contribution in [0.1, 0.15) is 46.1 Å². The van der Waals surface area contributed by atoms with E-state index in [1.165, 1.54) is 10.4 Å². The summed E-state index contributed by atoms with van der Waals surface area (Å²) in [4.78, 5) is 6.03. The van der Waals surface area contributed by atoms with Crippen molar-refractivity contribution in [3.63, 3.8) is 0 Å². The molecule has 0 aliphatic rings. The zero-order valence-electron chi connectivity index (χ0n) is 13.5. The van der Waals surface area contributed by atoms with Gasteiger partial charge in [-0.1, -0.05) is 19.1 Å². The van der Waals surface area contributed by atoms with E-state index < -0.39 is 0 Å². The van der Waals surface area contributed by atoms with Gasteiger partial charge in [-0.05, 0) is 50.9 Å². The number of aryl methyl sites for hydroxylation is 3. The molecular formula is C17H24N2OS. The van der Waals surface area contributed by atoms with Crippen molar-refractivity contribution < 1.29 is 4.74 Å². The van der Waals surface area contributed by atoms with E-state index in [9.17, 15) is 0 Å². The predicted molar refractivity (Wildman–Crippen MR) is 89.5 cm³/mol. The molecule has 1 N–H and O–H groups in total. The number of ether oxygens (including phenoxy) is 1. The van der Waals surface area contributed by atoms with E-state index in [1.807, 2.05) is 6.07 Å². The summed E-state index contributed by atoms with van der Waals surface area (Å²) in [5.74, 6) is 0.930. The number of aromatic nitrogens is 1. The van der Waals surface area contributed by atoms with E-state index in [0.717, 1.165) is 35.0 Å². The molecule has 0 aliphatic heterocycles. The SMILES string of the molecule is CCCNC(c1ccc(OC)c(C)c1)c1nc(C)c(C)s1. The molecule has 21 heavy (non-hydrogen) atoms. The van der Waals surface area contributed by atoms with Gasteiger partial charge in [-0.3, -0.25) is 0 Å². The van der Waals surface area contributed by atoms with Crippen LogP contribution in [0, 0.1) is 20.8 Å². The van der Waals surface area contributed by atoms with Crippen LogP contribution in [0.15, 0.2) is 18.2 Å². The van der Waals surface area contributed by atoms with Gasteiger partial charge in [-0.15, -0.1) is 11.3 Å². The first-order valence-corrected chi connectivity index (χ1v) is 8.20. The Morgan fingerprint density at radius 2 is 2.05 bits per heavy atom. The molecule has 2 rings (SSSR count). The van der Waals surface area contributed by atoms with Gasteiger partial charge < -0.3 is 10.1 Å². The average molecular weight is 304 g/mol. The molecule has 1 aromatic carbocycles. The summed E-state index contributed by atoms with van der Waals surface area (Å²) in [5, 5.41) is 4.76. The largest absolute Gasteiger partial charge is 0.496 e. The molecule has 2 aromatic rings. The van der Waals surface area contributed by atoms with E-state index in [4.69, 9.17) is 9.72 Å². The van der Waals surface area contributed by atoms with E-state index in [0.29, 0.717) is 0 Å². The van der Waals surface area contributed by atoms with Gasteiger partial charge in [0.25, 0.3) is 0 Å². The third-order valence-electron chi connectivity index (χ3n) is 3.64. The van der Waals surface area contributed by atoms with Crippen molar-refractivity contribution in [2.75, 3.05) is 13.7 Å². The highest BCUT2D eigenvalue weighted by Gasteiger charge is 2.19. The summed E-state index contributed by atoms with van der Waals surface area (Å²) in [6.45, 7) is 9.45. The van der Waals surface area contributed by atoms with Gasteiger partial charge in [0.15, 0.2) is 0 Å². The first kappa shape index (κ1) is 16.0. The van der Waals surface area contributed by atoms with Crippen LogP contribution >= 0.6 is 11.3 Å². The lowest BCUT2D eigenvalue weighted by Gasteiger charge is -2.18. The van der Waals surface area contributed by atoms with Gasteiger partial charge in [0, 0.05) is 4.88 Å². The van der Waals surface area contributed by atoms with E-state index >= 15 is 0 Å². The van der Waals surface area contributed by atoms with Gasteiger partial charge in [-0.2, -0.15) is 0 Å². The van der Waals surface area contributed by atoms with Crippen LogP contribution in [-0.2, 0) is 0 Å². The van der Waals surface area contributed by atoms with Gasteiger partial charge in [-0.25, -0.2) is 4.98 Å². The lowest BCUT2D eigenvalue weighted by atomic mass is 10.0. The second-order valence-corrected chi connectivity index (χ2v) is 6.54. The summed E-state index contributed by atoms with van der Waals surface area (Å²) >= 11 is 1.78. The van der Waals surface area contributed by atoms with Crippen LogP contribution < -0.4 is 10.1 Å². The quantitative estimate of drug-likeness (QED) is 0.870. The van der Waals surface area contributed by atoms with Crippen molar-refractivity contribution >= 4 is 11.3 Å². The molecule has 1 atom stereocenters. The number of hydrogen-bond donors (Lipinski definition) is 1. The highest BCUT2D eigenvalue weighted by Crippen LogP contribution is 2.30. The average Bonchev–Trinajstić information content (AvgIpc) is 2.79. The Bertz CT molecular complexity index is 587. The number of benzene rings is 1. The molecule has 1 aromatic heterocycles. The van der Waals surface area contributed by atoms with Crippen molar-refractivity contribution in [2.45, 2.75) is 40.2 Å². The number of hydrogen-bond acceptors (Lipinski definition) is 4. The van der Waals surface area contributed by atoms with Gasteiger partial charge in [0.05, 0.1) is 18.8 Å². The zero-order chi connectivity index (χ0) is 15.4. The molecule has 0 spiro atoms. The molecule has 0 saturated carbocycles. The Kier molecular flexibility index (Phi) is 5.37. The topological polar surface area (TPSA) is 34.1 Å². The summed E-state index contributed by atoms with van der Waals surface area (Å²) in [5.41, 5.74) is 3.53. The van der Waals surface area contributed by atoms with Crippen LogP contribution in [-0.4, -0.2) is 18.6 Å². The van der Waals surface area contributed by atoms with E-state index in [1.54, 1.807) is 18.4 Å². The van der Waals surface area contributed by atoms with Crippen LogP contribution in [0.4, 0.5) is 0 Å². The van der Waals surface area contributed by atoms with Crippen LogP contribution in [0.2, 0.25) is 0 Å². The lowest BCUT2D eigenvalue weighted by molar-refractivity contribution is 0.411. The maximum absolute atomic E-state index is 5.36. The first-order chi connectivity index (χ1) is 10.1. The molecule has 1 unspecified atom stereocenters. The molecule has 0 bridgehead atoms. The fourth-order valence-corrected chi connectivity index (χ4v) is 3.37. The molecule has 4 heteroatoms. The minimum Gasteiger partial charge on any atom is -0.496 e. The first-order valence-electron chi connectivity index (χ1n) is 7.38. The second kappa shape index (κ2) is 7.05. The highest BCUT2D eigenvalue weighted by molar-refractivity contribution is 7.11. The molecule has 0 aliphatic carbocycles. The number of methoxy groups -OCH3 is 1. The molecule has 3 nitrogen and oxygen atoms in total. The third kappa shape index (κ3) is 3.63. The fourth-order valence-electron chi connectivity index (χ4n) is 2.34. The maximum Gasteiger partial charge on any atom is 0.121 e. The van der Waals surface area contributed by atoms with Crippen LogP contribution in [0.5, 0.6) is 5.75 Å². The van der Waals surface area contributed by atoms with E-state index in [-0.39, 0.29) is 6.04 Å². The molecule has 0 fully saturated rings. The summed E-state index contributed by atoms with van der Waals surface area (Å²) < 4.78 is 5.36. The second-order valence-electron chi connectivity index (χ2n) is 5.31. The molecule has 0 saturated heterocycles. The Morgan fingerprint density at radius 1 is 1.29 bits per heavy atom. The van der Waals surface area contributed by atoms with Gasteiger partial charge in [0.1, 0.15) is 10.8 Å². The zero-order valence-corrected chi connectivity index (χ0v) is 14.3. The van der Waals surface area contributed by atoms with E-state index in [2.05, 4.69) is 45.1 Å². The van der Waals surface area contributed by atoms with Crippen LogP contribution in [0.3, 0.4) is 0 Å². The Hall–Kier alpha value is -1.39. The molecular weight excluding hydrogens is 280 g/mol. The monoisotopic (exact) mass is 304 g/mol. The molecule has 0 amide bonds. The van der Waals surface area contributed by atoms with Crippen molar-refractivity contribution in [1.29, 1.82) is 0 Å².